The number of hydrogen-bond donors (Lipinski definition) is 4. The van der Waals surface area contributed by atoms with E-state index < -0.39 is 23.9 Å². The van der Waals surface area contributed by atoms with Crippen molar-refractivity contribution < 1.29 is 45.8 Å². The summed E-state index contributed by atoms with van der Waals surface area (Å²) in [6.45, 7) is 3.80. The van der Waals surface area contributed by atoms with E-state index in [0.29, 0.717) is 24.5 Å². The lowest BCUT2D eigenvalue weighted by molar-refractivity contribution is -0.193. The van der Waals surface area contributed by atoms with Crippen LogP contribution in [-0.4, -0.2) is 83.6 Å². The van der Waals surface area contributed by atoms with Crippen LogP contribution in [0.5, 0.6) is 5.75 Å². The van der Waals surface area contributed by atoms with Crippen molar-refractivity contribution in [3.05, 3.63) is 63.3 Å². The number of ketones is 2. The number of aromatic amines is 1. The second-order valence-corrected chi connectivity index (χ2v) is 12.2. The van der Waals surface area contributed by atoms with Crippen LogP contribution in [0.4, 0.5) is 26.3 Å². The lowest BCUT2D eigenvalue weighted by Crippen LogP contribution is -2.45. The van der Waals surface area contributed by atoms with E-state index in [-0.39, 0.29) is 16.5 Å². The number of nitrogens with one attached hydrogen (secondary N) is 3. The number of halogens is 6. The van der Waals surface area contributed by atoms with Crippen LogP contribution in [0.3, 0.4) is 0 Å². The summed E-state index contributed by atoms with van der Waals surface area (Å²) in [6, 6.07) is 14.3. The van der Waals surface area contributed by atoms with Crippen LogP contribution in [0.25, 0.3) is 10.2 Å². The number of hydrogen-bond acceptors (Lipinski definition) is 8. The smallest absolute Gasteiger partial charge is 0.458 e. The molecular weight excluding hydrogens is 666 g/mol. The van der Waals surface area contributed by atoms with Gasteiger partial charge in [0.15, 0.2) is 0 Å². The average Bonchev–Trinajstić information content (AvgIpc) is 3.45. The van der Waals surface area contributed by atoms with Gasteiger partial charge in [0.2, 0.25) is 5.91 Å². The van der Waals surface area contributed by atoms with Crippen molar-refractivity contribution in [1.29, 1.82) is 0 Å². The van der Waals surface area contributed by atoms with Crippen molar-refractivity contribution in [1.82, 2.24) is 20.5 Å². The number of fused-ring (bicyclic) bond motifs is 1. The Hall–Kier alpha value is -3.76. The molecule has 4 N–H and O–H groups in total. The van der Waals surface area contributed by atoms with Crippen molar-refractivity contribution in [2.75, 3.05) is 32.7 Å². The number of H-pyrrole nitrogens is 1. The number of phenolic OH excluding ortho intramolecular Hbond substituents is 1. The maximum atomic E-state index is 13.1. The lowest BCUT2D eigenvalue weighted by Gasteiger charge is -2.34. The Kier molecular flexibility index (Phi) is 14.6. The monoisotopic (exact) mass is 704 g/mol. The van der Waals surface area contributed by atoms with Gasteiger partial charge in [-0.2, -0.15) is 26.3 Å². The fourth-order valence-corrected chi connectivity index (χ4v) is 6.22. The lowest BCUT2D eigenvalue weighted by atomic mass is 9.94. The Balaban J connectivity index is 0.000000444. The molecule has 0 spiro atoms. The van der Waals surface area contributed by atoms with Gasteiger partial charge in [-0.3, -0.25) is 19.2 Å². The number of alkyl halides is 6. The minimum Gasteiger partial charge on any atom is -0.506 e. The molecule has 48 heavy (non-hydrogen) atoms. The molecule has 3 aromatic rings. The third kappa shape index (κ3) is 12.0. The second-order valence-electron chi connectivity index (χ2n) is 11.2. The first kappa shape index (κ1) is 38.7. The van der Waals surface area contributed by atoms with E-state index in [1.165, 1.54) is 24.8 Å². The van der Waals surface area contributed by atoms with Gasteiger partial charge in [0.1, 0.15) is 11.3 Å². The molecule has 0 unspecified atom stereocenters. The van der Waals surface area contributed by atoms with E-state index in [2.05, 4.69) is 44.8 Å². The first-order chi connectivity index (χ1) is 22.7. The number of carbonyl (C=O) groups excluding carboxylic acids is 3. The minimum absolute atomic E-state index is 0.108. The van der Waals surface area contributed by atoms with E-state index >= 15 is 0 Å². The Morgan fingerprint density at radius 3 is 2.06 bits per heavy atom. The molecule has 2 aromatic carbocycles. The van der Waals surface area contributed by atoms with Crippen LogP contribution in [0.15, 0.2) is 47.3 Å². The molecule has 4 rings (SSSR count). The normalized spacial score (nSPS) is 14.0. The summed E-state index contributed by atoms with van der Waals surface area (Å²) < 4.78 is 67.8. The minimum atomic E-state index is -5.77. The van der Waals surface area contributed by atoms with Crippen molar-refractivity contribution in [3.63, 3.8) is 0 Å². The average molecular weight is 705 g/mol. The molecule has 0 bridgehead atoms. The molecular formula is C32H38F6N4O5S. The zero-order valence-corrected chi connectivity index (χ0v) is 26.8. The Labute approximate surface area is 276 Å². The third-order valence-corrected chi connectivity index (χ3v) is 8.70. The molecule has 0 atom stereocenters. The van der Waals surface area contributed by atoms with Crippen molar-refractivity contribution in [3.8, 4) is 5.75 Å². The number of carbonyl (C=O) groups is 3. The summed E-state index contributed by atoms with van der Waals surface area (Å²) in [5.41, 5.74) is 2.87. The molecule has 9 nitrogen and oxygen atoms in total. The van der Waals surface area contributed by atoms with E-state index in [1.807, 2.05) is 12.1 Å². The standard InChI is InChI=1S/C28H38N4O3S.C4F6O2/c33-24-12-11-22(27-26(24)31-28(35)36-27)14-17-30-19-20-32(23-9-5-2-6-10-23)25(34)15-18-29-16-13-21-7-3-1-4-8-21;5-3(6,7)1(11)2(12)4(8,9)10/h1,3-4,7-8,11-12,23,29-30,33H,2,5-6,9-10,13-20H2,(H,31,35);. The molecule has 16 heteroatoms. The zero-order valence-electron chi connectivity index (χ0n) is 26.0. The number of nitrogens with zero attached hydrogens (tertiary/aromatic N) is 1. The molecule has 264 valence electrons. The summed E-state index contributed by atoms with van der Waals surface area (Å²) in [5, 5.41) is 16.9. The van der Waals surface area contributed by atoms with Crippen LogP contribution in [0.1, 0.15) is 49.7 Å². The van der Waals surface area contributed by atoms with Gasteiger partial charge >= 0.3 is 28.8 Å². The first-order valence-electron chi connectivity index (χ1n) is 15.5. The van der Waals surface area contributed by atoms with Gasteiger partial charge in [0.25, 0.3) is 0 Å². The van der Waals surface area contributed by atoms with E-state index in [0.717, 1.165) is 73.5 Å². The fourth-order valence-electron chi connectivity index (χ4n) is 5.32. The van der Waals surface area contributed by atoms with Crippen LogP contribution in [-0.2, 0) is 27.2 Å². The maximum Gasteiger partial charge on any atom is 0.458 e. The topological polar surface area (TPSA) is 132 Å². The van der Waals surface area contributed by atoms with Crippen LogP contribution >= 0.6 is 11.3 Å². The molecule has 1 saturated carbocycles. The molecule has 1 fully saturated rings. The number of aromatic hydroxyl groups is 1. The third-order valence-electron chi connectivity index (χ3n) is 7.75. The van der Waals surface area contributed by atoms with Gasteiger partial charge in [-0.05, 0) is 56.0 Å². The Bertz CT molecular complexity index is 1530. The quantitative estimate of drug-likeness (QED) is 0.105. The molecule has 1 aliphatic rings. The summed E-state index contributed by atoms with van der Waals surface area (Å²) in [5.74, 6) is -6.46. The second kappa shape index (κ2) is 18.1. The number of benzene rings is 2. The number of rotatable bonds is 14. The zero-order chi connectivity index (χ0) is 35.3. The van der Waals surface area contributed by atoms with Gasteiger partial charge < -0.3 is 25.6 Å². The summed E-state index contributed by atoms with van der Waals surface area (Å²) in [4.78, 5) is 48.8. The number of amides is 1. The van der Waals surface area contributed by atoms with Gasteiger partial charge in [-0.15, -0.1) is 0 Å². The Morgan fingerprint density at radius 1 is 0.833 bits per heavy atom. The number of Topliss-reactive ketones (excluding diaryl/α,β-unsaturated/α-hetero) is 2. The molecule has 0 aliphatic heterocycles. The van der Waals surface area contributed by atoms with Crippen LogP contribution < -0.4 is 15.5 Å². The van der Waals surface area contributed by atoms with Gasteiger partial charge in [0.05, 0.1) is 4.70 Å². The molecule has 1 aliphatic carbocycles. The number of phenols is 1. The summed E-state index contributed by atoms with van der Waals surface area (Å²) in [6.07, 6.45) is -3.41. The van der Waals surface area contributed by atoms with Gasteiger partial charge in [-0.1, -0.05) is 67.0 Å². The SMILES string of the molecule is O=C(C(=O)C(F)(F)F)C(F)(F)F.O=C(CCNCCc1ccccc1)N(CCNCCc1ccc(O)c2[nH]c(=O)sc12)C1CCCCC1. The van der Waals surface area contributed by atoms with E-state index in [9.17, 15) is 50.6 Å². The van der Waals surface area contributed by atoms with Crippen molar-refractivity contribution in [2.24, 2.45) is 0 Å². The molecule has 1 heterocycles. The van der Waals surface area contributed by atoms with Gasteiger partial charge in [-0.25, -0.2) is 0 Å². The maximum absolute atomic E-state index is 13.1. The van der Waals surface area contributed by atoms with Crippen LogP contribution in [0, 0.1) is 0 Å². The van der Waals surface area contributed by atoms with Crippen molar-refractivity contribution >= 4 is 39.0 Å². The molecule has 1 aromatic heterocycles. The molecule has 1 amide bonds. The summed E-state index contributed by atoms with van der Waals surface area (Å²) >= 11 is 1.14. The Morgan fingerprint density at radius 2 is 1.44 bits per heavy atom. The molecule has 0 radical (unpaired) electrons. The van der Waals surface area contributed by atoms with Crippen molar-refractivity contribution in [2.45, 2.75) is 69.8 Å². The highest BCUT2D eigenvalue weighted by Gasteiger charge is 2.54. The fraction of sp³-hybridized carbons (Fsp3) is 0.500. The van der Waals surface area contributed by atoms with E-state index in [1.54, 1.807) is 6.07 Å². The van der Waals surface area contributed by atoms with E-state index in [4.69, 9.17) is 0 Å². The highest BCUT2D eigenvalue weighted by atomic mass is 32.1. The highest BCUT2D eigenvalue weighted by Crippen LogP contribution is 2.28. The van der Waals surface area contributed by atoms with Crippen LogP contribution in [0.2, 0.25) is 0 Å². The number of aromatic nitrogens is 1. The highest BCUT2D eigenvalue weighted by molar-refractivity contribution is 7.16. The molecule has 0 saturated heterocycles. The first-order valence-corrected chi connectivity index (χ1v) is 16.3. The number of thiazole rings is 1. The summed E-state index contributed by atoms with van der Waals surface area (Å²) in [7, 11) is 0. The van der Waals surface area contributed by atoms with Gasteiger partial charge in [0, 0.05) is 32.1 Å². The largest absolute Gasteiger partial charge is 0.506 e. The predicted octanol–water partition coefficient (Wildman–Crippen LogP) is 5.06. The predicted molar refractivity (Wildman–Crippen MR) is 169 cm³/mol.